The van der Waals surface area contributed by atoms with Crippen molar-refractivity contribution in [1.29, 1.82) is 0 Å². The Kier molecular flexibility index (Phi) is 4.19. The van der Waals surface area contributed by atoms with E-state index in [0.717, 1.165) is 12.1 Å². The number of nitrogens with one attached hydrogen (secondary N) is 1. The summed E-state index contributed by atoms with van der Waals surface area (Å²) in [7, 11) is 0. The fraction of sp³-hybridized carbons (Fsp3) is 0.143. The van der Waals surface area contributed by atoms with Crippen LogP contribution in [0.15, 0.2) is 42.5 Å². The Labute approximate surface area is 109 Å². The SMILES string of the molecule is NNC(Cc1ccc(F)c(F)c1)c1ccccc1F. The number of rotatable bonds is 4. The van der Waals surface area contributed by atoms with Gasteiger partial charge in [0.1, 0.15) is 5.82 Å². The predicted molar refractivity (Wildman–Crippen MR) is 66.5 cm³/mol. The van der Waals surface area contributed by atoms with Crippen LogP contribution in [0, 0.1) is 17.5 Å². The Morgan fingerprint density at radius 2 is 1.68 bits per heavy atom. The van der Waals surface area contributed by atoms with Gasteiger partial charge >= 0.3 is 0 Å². The molecule has 0 fully saturated rings. The molecule has 3 N–H and O–H groups in total. The highest BCUT2D eigenvalue weighted by atomic mass is 19.2. The number of benzene rings is 2. The Morgan fingerprint density at radius 1 is 0.947 bits per heavy atom. The summed E-state index contributed by atoms with van der Waals surface area (Å²) in [5.74, 6) is 3.17. The van der Waals surface area contributed by atoms with Gasteiger partial charge < -0.3 is 0 Å². The molecule has 0 heterocycles. The highest BCUT2D eigenvalue weighted by Crippen LogP contribution is 2.21. The summed E-state index contributed by atoms with van der Waals surface area (Å²) in [6, 6.07) is 9.25. The van der Waals surface area contributed by atoms with Crippen LogP contribution < -0.4 is 11.3 Å². The minimum Gasteiger partial charge on any atom is -0.271 e. The lowest BCUT2D eigenvalue weighted by atomic mass is 9.99. The molecule has 0 spiro atoms. The maximum Gasteiger partial charge on any atom is 0.159 e. The molecule has 5 heteroatoms. The second-order valence-corrected chi connectivity index (χ2v) is 4.19. The molecule has 0 aromatic heterocycles. The zero-order chi connectivity index (χ0) is 13.8. The van der Waals surface area contributed by atoms with Gasteiger partial charge in [-0.25, -0.2) is 13.2 Å². The van der Waals surface area contributed by atoms with Crippen molar-refractivity contribution in [3.63, 3.8) is 0 Å². The van der Waals surface area contributed by atoms with Crippen molar-refractivity contribution in [2.24, 2.45) is 5.84 Å². The second-order valence-electron chi connectivity index (χ2n) is 4.19. The minimum atomic E-state index is -0.929. The van der Waals surface area contributed by atoms with Crippen LogP contribution in [0.25, 0.3) is 0 Å². The first-order chi connectivity index (χ1) is 9.11. The van der Waals surface area contributed by atoms with E-state index in [-0.39, 0.29) is 6.42 Å². The monoisotopic (exact) mass is 266 g/mol. The van der Waals surface area contributed by atoms with E-state index in [2.05, 4.69) is 5.43 Å². The summed E-state index contributed by atoms with van der Waals surface area (Å²) in [4.78, 5) is 0. The van der Waals surface area contributed by atoms with Crippen LogP contribution in [0.4, 0.5) is 13.2 Å². The molecule has 100 valence electrons. The molecular formula is C14H13F3N2. The number of hydrazine groups is 1. The third-order valence-corrected chi connectivity index (χ3v) is 2.91. The Hall–Kier alpha value is -1.85. The van der Waals surface area contributed by atoms with Crippen LogP contribution in [0.5, 0.6) is 0 Å². The summed E-state index contributed by atoms with van der Waals surface area (Å²) in [6.07, 6.45) is 0.259. The van der Waals surface area contributed by atoms with Gasteiger partial charge in [0.15, 0.2) is 11.6 Å². The standard InChI is InChI=1S/C14H13F3N2/c15-11-4-2-1-3-10(11)14(19-18)8-9-5-6-12(16)13(17)7-9/h1-7,14,19H,8,18H2. The van der Waals surface area contributed by atoms with Gasteiger partial charge in [0.2, 0.25) is 0 Å². The van der Waals surface area contributed by atoms with Crippen molar-refractivity contribution >= 4 is 0 Å². The topological polar surface area (TPSA) is 38.0 Å². The van der Waals surface area contributed by atoms with Crippen LogP contribution in [0.3, 0.4) is 0 Å². The summed E-state index contributed by atoms with van der Waals surface area (Å²) in [5.41, 5.74) is 3.40. The fourth-order valence-electron chi connectivity index (χ4n) is 1.92. The average Bonchev–Trinajstić information content (AvgIpc) is 2.41. The van der Waals surface area contributed by atoms with Crippen molar-refractivity contribution in [1.82, 2.24) is 5.43 Å². The minimum absolute atomic E-state index is 0.259. The summed E-state index contributed by atoms with van der Waals surface area (Å²) >= 11 is 0. The van der Waals surface area contributed by atoms with Gasteiger partial charge in [0, 0.05) is 5.56 Å². The maximum absolute atomic E-state index is 13.6. The van der Waals surface area contributed by atoms with E-state index in [4.69, 9.17) is 5.84 Å². The molecule has 0 aliphatic rings. The first-order valence-corrected chi connectivity index (χ1v) is 5.76. The lowest BCUT2D eigenvalue weighted by Gasteiger charge is -2.17. The Balaban J connectivity index is 2.24. The number of nitrogens with two attached hydrogens (primary N) is 1. The van der Waals surface area contributed by atoms with E-state index in [9.17, 15) is 13.2 Å². The van der Waals surface area contributed by atoms with E-state index in [1.54, 1.807) is 18.2 Å². The molecule has 2 rings (SSSR count). The lowest BCUT2D eigenvalue weighted by Crippen LogP contribution is -2.30. The molecule has 1 unspecified atom stereocenters. The molecule has 0 aliphatic heterocycles. The van der Waals surface area contributed by atoms with E-state index >= 15 is 0 Å². The smallest absolute Gasteiger partial charge is 0.159 e. The molecule has 2 aromatic rings. The Bertz CT molecular complexity index is 572. The molecule has 19 heavy (non-hydrogen) atoms. The van der Waals surface area contributed by atoms with Gasteiger partial charge in [-0.1, -0.05) is 24.3 Å². The molecule has 2 nitrogen and oxygen atoms in total. The molecule has 0 amide bonds. The van der Waals surface area contributed by atoms with E-state index in [1.807, 2.05) is 0 Å². The molecular weight excluding hydrogens is 253 g/mol. The van der Waals surface area contributed by atoms with Crippen molar-refractivity contribution < 1.29 is 13.2 Å². The van der Waals surface area contributed by atoms with Crippen molar-refractivity contribution in [2.45, 2.75) is 12.5 Å². The van der Waals surface area contributed by atoms with E-state index in [0.29, 0.717) is 11.1 Å². The molecule has 0 aliphatic carbocycles. The quantitative estimate of drug-likeness (QED) is 0.659. The summed E-state index contributed by atoms with van der Waals surface area (Å²) in [5, 5.41) is 0. The molecule has 0 bridgehead atoms. The number of halogens is 3. The van der Waals surface area contributed by atoms with Gasteiger partial charge in [-0.3, -0.25) is 11.3 Å². The second kappa shape index (κ2) is 5.86. The first kappa shape index (κ1) is 13.6. The van der Waals surface area contributed by atoms with Gasteiger partial charge in [-0.15, -0.1) is 0 Å². The molecule has 1 atom stereocenters. The number of hydrogen-bond donors (Lipinski definition) is 2. The first-order valence-electron chi connectivity index (χ1n) is 5.76. The molecule has 0 saturated carbocycles. The van der Waals surface area contributed by atoms with Gasteiger partial charge in [-0.2, -0.15) is 0 Å². The molecule has 0 radical (unpaired) electrons. The maximum atomic E-state index is 13.6. The number of hydrogen-bond acceptors (Lipinski definition) is 2. The zero-order valence-corrected chi connectivity index (χ0v) is 10.0. The largest absolute Gasteiger partial charge is 0.271 e. The Morgan fingerprint density at radius 3 is 2.32 bits per heavy atom. The van der Waals surface area contributed by atoms with Crippen LogP contribution in [-0.4, -0.2) is 0 Å². The summed E-state index contributed by atoms with van der Waals surface area (Å²) in [6.45, 7) is 0. The zero-order valence-electron chi connectivity index (χ0n) is 10.0. The van der Waals surface area contributed by atoms with Crippen molar-refractivity contribution in [2.75, 3.05) is 0 Å². The summed E-state index contributed by atoms with van der Waals surface area (Å²) < 4.78 is 39.6. The van der Waals surface area contributed by atoms with Crippen molar-refractivity contribution in [3.05, 3.63) is 71.0 Å². The highest BCUT2D eigenvalue weighted by Gasteiger charge is 2.15. The average molecular weight is 266 g/mol. The van der Waals surface area contributed by atoms with Gasteiger partial charge in [-0.05, 0) is 30.2 Å². The van der Waals surface area contributed by atoms with Crippen molar-refractivity contribution in [3.8, 4) is 0 Å². The van der Waals surface area contributed by atoms with Crippen LogP contribution in [-0.2, 0) is 6.42 Å². The van der Waals surface area contributed by atoms with Gasteiger partial charge in [0.05, 0.1) is 6.04 Å². The highest BCUT2D eigenvalue weighted by molar-refractivity contribution is 5.25. The third kappa shape index (κ3) is 3.13. The van der Waals surface area contributed by atoms with E-state index < -0.39 is 23.5 Å². The van der Waals surface area contributed by atoms with Crippen LogP contribution in [0.1, 0.15) is 17.2 Å². The van der Waals surface area contributed by atoms with Crippen LogP contribution >= 0.6 is 0 Å². The predicted octanol–water partition coefficient (Wildman–Crippen LogP) is 2.85. The lowest BCUT2D eigenvalue weighted by molar-refractivity contribution is 0.495. The molecule has 2 aromatic carbocycles. The normalized spacial score (nSPS) is 12.4. The molecule has 0 saturated heterocycles. The van der Waals surface area contributed by atoms with Gasteiger partial charge in [0.25, 0.3) is 0 Å². The third-order valence-electron chi connectivity index (χ3n) is 2.91. The van der Waals surface area contributed by atoms with Crippen LogP contribution in [0.2, 0.25) is 0 Å². The fourth-order valence-corrected chi connectivity index (χ4v) is 1.92. The van der Waals surface area contributed by atoms with E-state index in [1.165, 1.54) is 12.1 Å².